The Balaban J connectivity index is 0. The summed E-state index contributed by atoms with van der Waals surface area (Å²) in [4.78, 5) is 14.3. The summed E-state index contributed by atoms with van der Waals surface area (Å²) >= 11 is 0. The summed E-state index contributed by atoms with van der Waals surface area (Å²) in [6, 6.07) is 4.59. The molecule has 2 rings (SSSR count). The van der Waals surface area contributed by atoms with Gasteiger partial charge in [0.1, 0.15) is 0 Å². The molecule has 1 amide bonds. The molecule has 1 atom stereocenters. The molecule has 9 heteroatoms. The first-order chi connectivity index (χ1) is 11.1. The molecule has 10 N–H and O–H groups in total. The zero-order valence-electron chi connectivity index (χ0n) is 15.0. The number of hydrazine groups is 1. The van der Waals surface area contributed by atoms with Gasteiger partial charge in [-0.1, -0.05) is 0 Å². The number of nitrogen functional groups attached to an aromatic ring is 1. The number of nitrogens with zero attached hydrogens (tertiary/aromatic N) is 2. The molecule has 140 valence electrons. The number of allylic oxidation sites excluding steroid dienone is 1. The van der Waals surface area contributed by atoms with E-state index >= 15 is 0 Å². The van der Waals surface area contributed by atoms with Crippen molar-refractivity contribution in [3.8, 4) is 0 Å². The third kappa shape index (κ3) is 3.62. The summed E-state index contributed by atoms with van der Waals surface area (Å²) in [5.41, 5.74) is 8.95. The fourth-order valence-electron chi connectivity index (χ4n) is 2.65. The van der Waals surface area contributed by atoms with Crippen molar-refractivity contribution in [2.75, 3.05) is 18.1 Å². The van der Waals surface area contributed by atoms with E-state index < -0.39 is 6.04 Å². The predicted octanol–water partition coefficient (Wildman–Crippen LogP) is 1.97. The predicted molar refractivity (Wildman–Crippen MR) is 105 cm³/mol. The monoisotopic (exact) mass is 350 g/mol. The van der Waals surface area contributed by atoms with Gasteiger partial charge in [-0.05, 0) is 39.0 Å². The molecule has 0 fully saturated rings. The van der Waals surface area contributed by atoms with Crippen molar-refractivity contribution in [3.05, 3.63) is 35.0 Å². The van der Waals surface area contributed by atoms with Gasteiger partial charge in [-0.3, -0.25) is 15.2 Å². The SMILES string of the molecule is CC(=N)c1cc(NC(=O)C2=C(C)N(C)C(=N)N(N)C2C)ccc1N.N.[HH].[HH]. The van der Waals surface area contributed by atoms with E-state index in [1.807, 2.05) is 0 Å². The second-order valence-electron chi connectivity index (χ2n) is 5.85. The first-order valence-electron chi connectivity index (χ1n) is 7.48. The van der Waals surface area contributed by atoms with Crippen molar-refractivity contribution in [2.45, 2.75) is 26.8 Å². The number of anilines is 2. The van der Waals surface area contributed by atoms with Crippen LogP contribution in [0.25, 0.3) is 0 Å². The van der Waals surface area contributed by atoms with Crippen LogP contribution >= 0.6 is 0 Å². The molecule has 1 aliphatic heterocycles. The molecule has 0 saturated carbocycles. The van der Waals surface area contributed by atoms with Gasteiger partial charge in [0.05, 0.1) is 11.6 Å². The first kappa shape index (κ1) is 20.1. The second kappa shape index (κ2) is 7.32. The maximum Gasteiger partial charge on any atom is 0.255 e. The van der Waals surface area contributed by atoms with Crippen LogP contribution < -0.4 is 23.0 Å². The van der Waals surface area contributed by atoms with Gasteiger partial charge < -0.3 is 27.5 Å². The van der Waals surface area contributed by atoms with Gasteiger partial charge in [0.25, 0.3) is 5.91 Å². The van der Waals surface area contributed by atoms with Gasteiger partial charge in [0.15, 0.2) is 0 Å². The number of hydrogen-bond acceptors (Lipinski definition) is 6. The van der Waals surface area contributed by atoms with Crippen LogP contribution in [0, 0.1) is 10.8 Å². The lowest BCUT2D eigenvalue weighted by Gasteiger charge is -2.39. The Labute approximate surface area is 150 Å². The fourth-order valence-corrected chi connectivity index (χ4v) is 2.65. The maximum atomic E-state index is 12.7. The maximum absolute atomic E-state index is 12.7. The normalized spacial score (nSPS) is 17.3. The highest BCUT2D eigenvalue weighted by atomic mass is 16.1. The van der Waals surface area contributed by atoms with Gasteiger partial charge in [-0.2, -0.15) is 0 Å². The smallest absolute Gasteiger partial charge is 0.255 e. The van der Waals surface area contributed by atoms with Crippen molar-refractivity contribution >= 4 is 29.0 Å². The van der Waals surface area contributed by atoms with Crippen molar-refractivity contribution in [3.63, 3.8) is 0 Å². The number of carbonyl (C=O) groups excluding carboxylic acids is 1. The van der Waals surface area contributed by atoms with Crippen LogP contribution in [0.3, 0.4) is 0 Å². The quantitative estimate of drug-likeness (QED) is 0.276. The van der Waals surface area contributed by atoms with E-state index in [0.717, 1.165) is 0 Å². The minimum Gasteiger partial charge on any atom is -0.398 e. The van der Waals surface area contributed by atoms with E-state index in [1.165, 1.54) is 5.01 Å². The Hall–Kier alpha value is -2.91. The van der Waals surface area contributed by atoms with Crippen LogP contribution in [-0.4, -0.2) is 40.6 Å². The van der Waals surface area contributed by atoms with E-state index in [0.29, 0.717) is 33.9 Å². The Morgan fingerprint density at radius 2 is 2.00 bits per heavy atom. The van der Waals surface area contributed by atoms with Gasteiger partial charge in [-0.15, -0.1) is 0 Å². The van der Waals surface area contributed by atoms with Crippen LogP contribution in [-0.2, 0) is 4.79 Å². The first-order valence-corrected chi connectivity index (χ1v) is 7.48. The number of amides is 1. The third-order valence-corrected chi connectivity index (χ3v) is 4.25. The molecular weight excluding hydrogens is 320 g/mol. The molecule has 1 aromatic rings. The number of hydrogen-bond donors (Lipinski definition) is 6. The molecule has 0 spiro atoms. The van der Waals surface area contributed by atoms with Crippen LogP contribution in [0.5, 0.6) is 0 Å². The molecule has 0 aromatic heterocycles. The summed E-state index contributed by atoms with van der Waals surface area (Å²) in [5.74, 6) is 5.72. The van der Waals surface area contributed by atoms with E-state index in [1.54, 1.807) is 50.9 Å². The lowest BCUT2D eigenvalue weighted by Crippen LogP contribution is -2.56. The molecule has 0 aliphatic carbocycles. The van der Waals surface area contributed by atoms with Crippen molar-refractivity contribution < 1.29 is 7.65 Å². The summed E-state index contributed by atoms with van der Waals surface area (Å²) in [7, 11) is 1.69. The van der Waals surface area contributed by atoms with E-state index in [9.17, 15) is 4.79 Å². The lowest BCUT2D eigenvalue weighted by atomic mass is 10.0. The van der Waals surface area contributed by atoms with Crippen LogP contribution in [0.2, 0.25) is 0 Å². The molecule has 0 saturated heterocycles. The van der Waals surface area contributed by atoms with Crippen molar-refractivity contribution in [1.29, 1.82) is 10.8 Å². The highest BCUT2D eigenvalue weighted by molar-refractivity contribution is 6.08. The number of nitrogens with two attached hydrogens (primary N) is 2. The Morgan fingerprint density at radius 3 is 2.56 bits per heavy atom. The molecular formula is C16H30N8O. The molecule has 1 aromatic carbocycles. The number of benzene rings is 1. The Bertz CT molecular complexity index is 765. The molecule has 9 nitrogen and oxygen atoms in total. The summed E-state index contributed by atoms with van der Waals surface area (Å²) in [5, 5.41) is 19.7. The minimum atomic E-state index is -0.425. The topological polar surface area (TPSA) is 170 Å². The minimum absolute atomic E-state index is 0. The molecule has 0 bridgehead atoms. The average molecular weight is 350 g/mol. The summed E-state index contributed by atoms with van der Waals surface area (Å²) in [6.07, 6.45) is 0. The standard InChI is InChI=1S/C16H23N7O.H3N.2H2/c1-8(17)12-7-11(5-6-13(12)18)21-15(24)14-9(2)22(4)16(19)23(20)10(14)3;;;/h5-7,10,17,19H,18,20H2,1-4H3,(H,21,24);1H3;2*1H. The largest absolute Gasteiger partial charge is 0.398 e. The van der Waals surface area contributed by atoms with Crippen LogP contribution in [0.1, 0.15) is 29.2 Å². The lowest BCUT2D eigenvalue weighted by molar-refractivity contribution is -0.113. The number of rotatable bonds is 3. The number of guanidine groups is 1. The van der Waals surface area contributed by atoms with Gasteiger partial charge >= 0.3 is 0 Å². The zero-order valence-corrected chi connectivity index (χ0v) is 15.0. The molecule has 1 heterocycles. The summed E-state index contributed by atoms with van der Waals surface area (Å²) < 4.78 is 0. The Morgan fingerprint density at radius 1 is 1.40 bits per heavy atom. The van der Waals surface area contributed by atoms with E-state index in [4.69, 9.17) is 22.4 Å². The Kier molecular flexibility index (Phi) is 5.90. The number of nitrogens with one attached hydrogen (secondary N) is 3. The highest BCUT2D eigenvalue weighted by Crippen LogP contribution is 2.25. The molecule has 1 unspecified atom stereocenters. The van der Waals surface area contributed by atoms with Gasteiger partial charge in [-0.25, -0.2) is 5.84 Å². The summed E-state index contributed by atoms with van der Waals surface area (Å²) in [6.45, 7) is 5.19. The molecule has 25 heavy (non-hydrogen) atoms. The van der Waals surface area contributed by atoms with E-state index in [-0.39, 0.29) is 20.9 Å². The number of carbonyl (C=O) groups is 1. The molecule has 1 aliphatic rings. The second-order valence-corrected chi connectivity index (χ2v) is 5.85. The fraction of sp³-hybridized carbons (Fsp3) is 0.312. The van der Waals surface area contributed by atoms with Gasteiger partial charge in [0, 0.05) is 38.2 Å². The molecule has 0 radical (unpaired) electrons. The van der Waals surface area contributed by atoms with Crippen molar-refractivity contribution in [1.82, 2.24) is 16.1 Å². The average Bonchev–Trinajstić information content (AvgIpc) is 2.52. The van der Waals surface area contributed by atoms with Crippen molar-refractivity contribution in [2.24, 2.45) is 5.84 Å². The van der Waals surface area contributed by atoms with Gasteiger partial charge in [0.2, 0.25) is 5.96 Å². The van der Waals surface area contributed by atoms with Crippen LogP contribution in [0.4, 0.5) is 11.4 Å². The van der Waals surface area contributed by atoms with Crippen LogP contribution in [0.15, 0.2) is 29.5 Å². The zero-order chi connectivity index (χ0) is 18.2. The van der Waals surface area contributed by atoms with E-state index in [2.05, 4.69) is 5.32 Å². The highest BCUT2D eigenvalue weighted by Gasteiger charge is 2.33. The third-order valence-electron chi connectivity index (χ3n) is 4.25.